The number of aryl methyl sites for hydroxylation is 2. The highest BCUT2D eigenvalue weighted by molar-refractivity contribution is 5.99. The third-order valence-electron chi connectivity index (χ3n) is 7.00. The Hall–Kier alpha value is -4.07. The lowest BCUT2D eigenvalue weighted by molar-refractivity contribution is 0.0958. The summed E-state index contributed by atoms with van der Waals surface area (Å²) < 4.78 is 17.0. The second-order valence-corrected chi connectivity index (χ2v) is 9.59. The molecule has 7 nitrogen and oxygen atoms in total. The molecule has 2 aliphatic rings. The first-order valence-corrected chi connectivity index (χ1v) is 12.3. The maximum Gasteiger partial charge on any atom is 0.252 e. The van der Waals surface area contributed by atoms with E-state index in [4.69, 9.17) is 0 Å². The number of nitrogens with zero attached hydrogens (tertiary/aromatic N) is 4. The van der Waals surface area contributed by atoms with E-state index in [1.807, 2.05) is 45.2 Å². The minimum atomic E-state index is -0.389. The smallest absolute Gasteiger partial charge is 0.252 e. The van der Waals surface area contributed by atoms with Crippen molar-refractivity contribution in [2.24, 2.45) is 0 Å². The van der Waals surface area contributed by atoms with Gasteiger partial charge in [-0.15, -0.1) is 5.10 Å². The monoisotopic (exact) mass is 482 g/mol. The number of benzene rings is 2. The fraction of sp³-hybridized carbons (Fsp3) is 0.286. The molecule has 0 bridgehead atoms. The van der Waals surface area contributed by atoms with Crippen molar-refractivity contribution in [3.8, 4) is 22.6 Å². The van der Waals surface area contributed by atoms with Gasteiger partial charge in [-0.2, -0.15) is 4.98 Å². The maximum atomic E-state index is 15.3. The van der Waals surface area contributed by atoms with Crippen LogP contribution >= 0.6 is 0 Å². The average Bonchev–Trinajstić information content (AvgIpc) is 3.59. The Morgan fingerprint density at radius 2 is 1.94 bits per heavy atom. The van der Waals surface area contributed by atoms with Gasteiger partial charge in [-0.05, 0) is 92.6 Å². The van der Waals surface area contributed by atoms with Gasteiger partial charge < -0.3 is 10.6 Å². The number of amides is 1. The fourth-order valence-corrected chi connectivity index (χ4v) is 4.81. The van der Waals surface area contributed by atoms with Crippen molar-refractivity contribution in [1.82, 2.24) is 25.1 Å². The number of carbonyl (C=O) groups is 1. The van der Waals surface area contributed by atoms with Crippen molar-refractivity contribution < 1.29 is 9.18 Å². The molecule has 0 saturated heterocycles. The highest BCUT2D eigenvalue weighted by atomic mass is 19.1. The van der Waals surface area contributed by atoms with Crippen molar-refractivity contribution in [1.29, 1.82) is 0 Å². The SMILES string of the molecule is CCn1nc(-c2cc(C)c(-c3ccc(C4CC4)cn3)cc2F)nc1Nc1ccc2c(c1)C(C)NC2=O. The summed E-state index contributed by atoms with van der Waals surface area (Å²) in [6.07, 6.45) is 4.35. The molecular formula is C28H27FN6O. The average molecular weight is 483 g/mol. The number of rotatable bonds is 6. The van der Waals surface area contributed by atoms with E-state index in [0.717, 1.165) is 28.1 Å². The number of pyridine rings is 1. The molecule has 1 saturated carbocycles. The van der Waals surface area contributed by atoms with Crippen LogP contribution in [0.1, 0.15) is 65.7 Å². The van der Waals surface area contributed by atoms with Gasteiger partial charge in [0.1, 0.15) is 5.82 Å². The Morgan fingerprint density at radius 3 is 2.67 bits per heavy atom. The van der Waals surface area contributed by atoms with Gasteiger partial charge in [0, 0.05) is 29.6 Å². The molecule has 0 radical (unpaired) electrons. The Labute approximate surface area is 208 Å². The van der Waals surface area contributed by atoms with Gasteiger partial charge in [0.25, 0.3) is 5.91 Å². The Kier molecular flexibility index (Phi) is 5.32. The van der Waals surface area contributed by atoms with Crippen LogP contribution in [0.2, 0.25) is 0 Å². The van der Waals surface area contributed by atoms with Crippen molar-refractivity contribution in [3.05, 3.63) is 76.7 Å². The van der Waals surface area contributed by atoms with E-state index in [0.29, 0.717) is 35.4 Å². The van der Waals surface area contributed by atoms with Crippen molar-refractivity contribution in [3.63, 3.8) is 0 Å². The number of hydrogen-bond donors (Lipinski definition) is 2. The highest BCUT2D eigenvalue weighted by Crippen LogP contribution is 2.40. The predicted molar refractivity (Wildman–Crippen MR) is 137 cm³/mol. The van der Waals surface area contributed by atoms with E-state index >= 15 is 4.39 Å². The van der Waals surface area contributed by atoms with Crippen LogP contribution in [0.5, 0.6) is 0 Å². The molecule has 1 atom stereocenters. The number of hydrogen-bond acceptors (Lipinski definition) is 5. The summed E-state index contributed by atoms with van der Waals surface area (Å²) in [5, 5.41) is 10.8. The zero-order valence-electron chi connectivity index (χ0n) is 20.5. The van der Waals surface area contributed by atoms with Gasteiger partial charge in [0.15, 0.2) is 5.82 Å². The molecule has 4 aromatic rings. The second kappa shape index (κ2) is 8.55. The quantitative estimate of drug-likeness (QED) is 0.357. The molecule has 36 heavy (non-hydrogen) atoms. The van der Waals surface area contributed by atoms with E-state index in [2.05, 4.69) is 31.8 Å². The van der Waals surface area contributed by atoms with Crippen molar-refractivity contribution in [2.75, 3.05) is 5.32 Å². The largest absolute Gasteiger partial charge is 0.345 e. The fourth-order valence-electron chi connectivity index (χ4n) is 4.81. The number of fused-ring (bicyclic) bond motifs is 1. The third-order valence-corrected chi connectivity index (χ3v) is 7.00. The van der Waals surface area contributed by atoms with Gasteiger partial charge in [0.05, 0.1) is 17.3 Å². The van der Waals surface area contributed by atoms with Crippen LogP contribution in [-0.4, -0.2) is 25.7 Å². The summed E-state index contributed by atoms with van der Waals surface area (Å²) in [6.45, 7) is 6.42. The third kappa shape index (κ3) is 3.92. The van der Waals surface area contributed by atoms with Crippen LogP contribution in [0.3, 0.4) is 0 Å². The van der Waals surface area contributed by atoms with Gasteiger partial charge in [0.2, 0.25) is 5.95 Å². The van der Waals surface area contributed by atoms with Crippen LogP contribution in [0.15, 0.2) is 48.7 Å². The summed E-state index contributed by atoms with van der Waals surface area (Å²) in [5.41, 5.74) is 6.44. The number of anilines is 2. The molecule has 1 amide bonds. The Bertz CT molecular complexity index is 1490. The normalized spacial score (nSPS) is 16.7. The zero-order chi connectivity index (χ0) is 25.0. The van der Waals surface area contributed by atoms with Gasteiger partial charge in [-0.1, -0.05) is 6.07 Å². The molecule has 8 heteroatoms. The maximum absolute atomic E-state index is 15.3. The lowest BCUT2D eigenvalue weighted by atomic mass is 10.0. The molecule has 1 aliphatic carbocycles. The standard InChI is InChI=1S/C28H27FN6O/c1-4-35-28(32-19-8-9-20-22(12-19)16(3)31-27(20)36)33-26(34-35)23-11-15(2)21(13-24(23)29)25-10-7-18(14-30-25)17-5-6-17/h7-14,16-17H,4-6H2,1-3H3,(H,31,36)(H,32,33,34). The van der Waals surface area contributed by atoms with Crippen molar-refractivity contribution >= 4 is 17.5 Å². The van der Waals surface area contributed by atoms with Crippen LogP contribution < -0.4 is 10.6 Å². The first-order chi connectivity index (χ1) is 17.4. The van der Waals surface area contributed by atoms with Crippen molar-refractivity contribution in [2.45, 2.75) is 52.1 Å². The molecule has 1 aliphatic heterocycles. The van der Waals surface area contributed by atoms with Gasteiger partial charge >= 0.3 is 0 Å². The summed E-state index contributed by atoms with van der Waals surface area (Å²) in [7, 11) is 0. The number of carbonyl (C=O) groups excluding carboxylic acids is 1. The molecule has 0 spiro atoms. The Morgan fingerprint density at radius 1 is 1.11 bits per heavy atom. The summed E-state index contributed by atoms with van der Waals surface area (Å²) in [5.74, 6) is 1.00. The summed E-state index contributed by atoms with van der Waals surface area (Å²) in [6, 6.07) is 12.9. The predicted octanol–water partition coefficient (Wildman–Crippen LogP) is 5.90. The Balaban J connectivity index is 1.30. The molecule has 2 aromatic heterocycles. The van der Waals surface area contributed by atoms with E-state index in [-0.39, 0.29) is 17.8 Å². The minimum absolute atomic E-state index is 0.0520. The van der Waals surface area contributed by atoms with Crippen LogP contribution in [0.4, 0.5) is 16.0 Å². The zero-order valence-corrected chi connectivity index (χ0v) is 20.5. The molecule has 2 aromatic carbocycles. The van der Waals surface area contributed by atoms with Crippen LogP contribution in [0, 0.1) is 12.7 Å². The minimum Gasteiger partial charge on any atom is -0.345 e. The first kappa shape index (κ1) is 22.4. The lowest BCUT2D eigenvalue weighted by Crippen LogP contribution is -2.16. The van der Waals surface area contributed by atoms with Gasteiger partial charge in [-0.25, -0.2) is 9.07 Å². The first-order valence-electron chi connectivity index (χ1n) is 12.3. The molecule has 1 fully saturated rings. The molecule has 2 N–H and O–H groups in total. The number of aromatic nitrogens is 4. The topological polar surface area (TPSA) is 84.7 Å². The van der Waals surface area contributed by atoms with E-state index in [1.165, 1.54) is 24.5 Å². The summed E-state index contributed by atoms with van der Waals surface area (Å²) >= 11 is 0. The second-order valence-electron chi connectivity index (χ2n) is 9.59. The van der Waals surface area contributed by atoms with E-state index in [9.17, 15) is 4.79 Å². The van der Waals surface area contributed by atoms with E-state index in [1.54, 1.807) is 16.8 Å². The molecule has 182 valence electrons. The highest BCUT2D eigenvalue weighted by Gasteiger charge is 2.26. The molecule has 1 unspecified atom stereocenters. The molecular weight excluding hydrogens is 455 g/mol. The molecule has 6 rings (SSSR count). The molecule has 3 heterocycles. The lowest BCUT2D eigenvalue weighted by Gasteiger charge is -2.09. The number of halogens is 1. The van der Waals surface area contributed by atoms with Crippen LogP contribution in [-0.2, 0) is 6.54 Å². The van der Waals surface area contributed by atoms with Crippen LogP contribution in [0.25, 0.3) is 22.6 Å². The van der Waals surface area contributed by atoms with Gasteiger partial charge in [-0.3, -0.25) is 9.78 Å². The summed E-state index contributed by atoms with van der Waals surface area (Å²) in [4.78, 5) is 21.2. The van der Waals surface area contributed by atoms with E-state index < -0.39 is 0 Å². The number of nitrogens with one attached hydrogen (secondary N) is 2.